The minimum atomic E-state index is -0.810. The molecule has 0 aromatic carbocycles. The zero-order valence-electron chi connectivity index (χ0n) is 13.6. The average Bonchev–Trinajstić information content (AvgIpc) is 2.63. The van der Waals surface area contributed by atoms with Gasteiger partial charge in [-0.05, 0) is 27.2 Å². The van der Waals surface area contributed by atoms with Crippen molar-refractivity contribution in [3.8, 4) is 5.88 Å². The highest BCUT2D eigenvalue weighted by Crippen LogP contribution is 2.35. The van der Waals surface area contributed by atoms with E-state index < -0.39 is 5.97 Å². The maximum absolute atomic E-state index is 10.9. The van der Waals surface area contributed by atoms with Gasteiger partial charge < -0.3 is 9.84 Å². The lowest BCUT2D eigenvalue weighted by Gasteiger charge is -2.22. The van der Waals surface area contributed by atoms with Gasteiger partial charge in [0, 0.05) is 17.4 Å². The number of nitrogens with zero attached hydrogens (tertiary/aromatic N) is 2. The first kappa shape index (κ1) is 16.5. The molecule has 0 fully saturated rings. The maximum Gasteiger partial charge on any atom is 0.303 e. The zero-order chi connectivity index (χ0) is 15.7. The highest BCUT2D eigenvalue weighted by molar-refractivity contribution is 5.67. The molecule has 1 N–H and O–H groups in total. The van der Waals surface area contributed by atoms with Crippen LogP contribution in [0, 0.1) is 0 Å². The number of ether oxygens (including phenoxy) is 1. The number of carbonyl (C=O) groups is 1. The van der Waals surface area contributed by atoms with Crippen LogP contribution in [0.15, 0.2) is 0 Å². The van der Waals surface area contributed by atoms with Gasteiger partial charge >= 0.3 is 5.97 Å². The number of carboxylic acid groups (broad SMARTS) is 1. The summed E-state index contributed by atoms with van der Waals surface area (Å²) in [6.45, 7) is 12.4. The normalized spacial score (nSPS) is 12.6. The van der Waals surface area contributed by atoms with Gasteiger partial charge in [-0.2, -0.15) is 5.10 Å². The first-order valence-corrected chi connectivity index (χ1v) is 6.87. The molecule has 5 nitrogen and oxygen atoms in total. The van der Waals surface area contributed by atoms with E-state index in [4.69, 9.17) is 14.9 Å². The quantitative estimate of drug-likeness (QED) is 0.922. The van der Waals surface area contributed by atoms with Crippen molar-refractivity contribution < 1.29 is 14.6 Å². The van der Waals surface area contributed by atoms with E-state index in [-0.39, 0.29) is 17.4 Å². The van der Waals surface area contributed by atoms with E-state index >= 15 is 0 Å². The van der Waals surface area contributed by atoms with Crippen molar-refractivity contribution in [3.05, 3.63) is 11.3 Å². The number of methoxy groups -OCH3 is 1. The van der Waals surface area contributed by atoms with Crippen LogP contribution in [-0.4, -0.2) is 28.0 Å². The molecule has 0 atom stereocenters. The second-order valence-corrected chi connectivity index (χ2v) is 7.06. The van der Waals surface area contributed by atoms with Crippen molar-refractivity contribution in [2.75, 3.05) is 7.11 Å². The van der Waals surface area contributed by atoms with Gasteiger partial charge in [-0.3, -0.25) is 4.79 Å². The molecule has 1 aromatic rings. The van der Waals surface area contributed by atoms with Crippen LogP contribution in [0.4, 0.5) is 0 Å². The fourth-order valence-corrected chi connectivity index (χ4v) is 2.16. The first-order chi connectivity index (χ1) is 8.98. The van der Waals surface area contributed by atoms with Crippen LogP contribution in [-0.2, 0) is 22.2 Å². The van der Waals surface area contributed by atoms with Crippen molar-refractivity contribution in [3.63, 3.8) is 0 Å². The van der Waals surface area contributed by atoms with E-state index in [9.17, 15) is 4.79 Å². The Hall–Kier alpha value is -1.52. The molecular weight excluding hydrogens is 256 g/mol. The average molecular weight is 282 g/mol. The molecule has 0 saturated heterocycles. The molecule has 0 spiro atoms. The van der Waals surface area contributed by atoms with Gasteiger partial charge in [0.05, 0.1) is 18.3 Å². The van der Waals surface area contributed by atoms with E-state index in [1.165, 1.54) is 0 Å². The maximum atomic E-state index is 10.9. The predicted octanol–water partition coefficient (Wildman–Crippen LogP) is 2.96. The van der Waals surface area contributed by atoms with Crippen LogP contribution in [0.2, 0.25) is 0 Å². The van der Waals surface area contributed by atoms with Crippen LogP contribution in [0.25, 0.3) is 0 Å². The SMILES string of the molecule is COc1c(CCC(=O)O)c(C(C)(C)C)nn1C(C)(C)C. The monoisotopic (exact) mass is 282 g/mol. The van der Waals surface area contributed by atoms with E-state index in [2.05, 4.69) is 41.5 Å². The standard InChI is InChI=1S/C15H26N2O3/c1-14(2,3)12-10(8-9-11(18)19)13(20-7)17(16-12)15(4,5)6/h8-9H2,1-7H3,(H,18,19). The molecule has 0 aliphatic rings. The minimum absolute atomic E-state index is 0.0786. The summed E-state index contributed by atoms with van der Waals surface area (Å²) in [7, 11) is 1.61. The lowest BCUT2D eigenvalue weighted by atomic mass is 9.88. The molecule has 1 heterocycles. The Morgan fingerprint density at radius 3 is 2.15 bits per heavy atom. The van der Waals surface area contributed by atoms with Crippen molar-refractivity contribution in [2.24, 2.45) is 0 Å². The Labute approximate surface area is 120 Å². The summed E-state index contributed by atoms with van der Waals surface area (Å²) in [4.78, 5) is 10.9. The zero-order valence-corrected chi connectivity index (χ0v) is 13.6. The van der Waals surface area contributed by atoms with Gasteiger partial charge in [0.25, 0.3) is 0 Å². The molecule has 0 unspecified atom stereocenters. The highest BCUT2D eigenvalue weighted by Gasteiger charge is 2.31. The summed E-state index contributed by atoms with van der Waals surface area (Å²) < 4.78 is 7.37. The number of aromatic nitrogens is 2. The minimum Gasteiger partial charge on any atom is -0.481 e. The van der Waals surface area contributed by atoms with Gasteiger partial charge in [0.15, 0.2) is 0 Å². The Morgan fingerprint density at radius 1 is 1.25 bits per heavy atom. The summed E-state index contributed by atoms with van der Waals surface area (Å²) in [6, 6.07) is 0. The van der Waals surface area contributed by atoms with E-state index in [1.807, 2.05) is 4.68 Å². The molecule has 5 heteroatoms. The number of carboxylic acids is 1. The van der Waals surface area contributed by atoms with Gasteiger partial charge in [-0.15, -0.1) is 0 Å². The molecule has 1 aromatic heterocycles. The fraction of sp³-hybridized carbons (Fsp3) is 0.733. The second-order valence-electron chi connectivity index (χ2n) is 7.06. The molecule has 0 amide bonds. The van der Waals surface area contributed by atoms with Crippen molar-refractivity contribution >= 4 is 5.97 Å². The molecule has 0 radical (unpaired) electrons. The van der Waals surface area contributed by atoms with Gasteiger partial charge in [-0.1, -0.05) is 20.8 Å². The molecule has 114 valence electrons. The van der Waals surface area contributed by atoms with E-state index in [0.717, 1.165) is 11.3 Å². The van der Waals surface area contributed by atoms with Crippen LogP contribution in [0.3, 0.4) is 0 Å². The molecule has 0 aliphatic carbocycles. The summed E-state index contributed by atoms with van der Waals surface area (Å²) in [6.07, 6.45) is 0.510. The van der Waals surface area contributed by atoms with Crippen LogP contribution in [0.1, 0.15) is 59.2 Å². The van der Waals surface area contributed by atoms with Crippen molar-refractivity contribution in [1.29, 1.82) is 0 Å². The third-order valence-electron chi connectivity index (χ3n) is 3.06. The largest absolute Gasteiger partial charge is 0.481 e. The molecule has 0 saturated carbocycles. The Kier molecular flexibility index (Phi) is 4.52. The summed E-state index contributed by atoms with van der Waals surface area (Å²) in [5.74, 6) is -0.140. The highest BCUT2D eigenvalue weighted by atomic mass is 16.5. The Morgan fingerprint density at radius 2 is 1.80 bits per heavy atom. The number of hydrogen-bond donors (Lipinski definition) is 1. The smallest absolute Gasteiger partial charge is 0.303 e. The third-order valence-corrected chi connectivity index (χ3v) is 3.06. The van der Waals surface area contributed by atoms with Gasteiger partial charge in [0.2, 0.25) is 5.88 Å². The summed E-state index contributed by atoms with van der Waals surface area (Å²) in [5, 5.41) is 13.6. The first-order valence-electron chi connectivity index (χ1n) is 6.87. The summed E-state index contributed by atoms with van der Waals surface area (Å²) in [5.41, 5.74) is 1.44. The Bertz CT molecular complexity index is 490. The lowest BCUT2D eigenvalue weighted by Crippen LogP contribution is -2.24. The van der Waals surface area contributed by atoms with Crippen molar-refractivity contribution in [2.45, 2.75) is 65.3 Å². The topological polar surface area (TPSA) is 64.3 Å². The number of aliphatic carboxylic acids is 1. The van der Waals surface area contributed by atoms with Crippen LogP contribution in [0.5, 0.6) is 5.88 Å². The molecular formula is C15H26N2O3. The number of hydrogen-bond acceptors (Lipinski definition) is 3. The summed E-state index contributed by atoms with van der Waals surface area (Å²) >= 11 is 0. The van der Waals surface area contributed by atoms with E-state index in [1.54, 1.807) is 7.11 Å². The third kappa shape index (κ3) is 3.52. The van der Waals surface area contributed by atoms with Gasteiger partial charge in [-0.25, -0.2) is 4.68 Å². The van der Waals surface area contributed by atoms with Crippen molar-refractivity contribution in [1.82, 2.24) is 9.78 Å². The Balaban J connectivity index is 3.42. The fourth-order valence-electron chi connectivity index (χ4n) is 2.16. The van der Waals surface area contributed by atoms with Crippen LogP contribution >= 0.6 is 0 Å². The molecule has 0 aliphatic heterocycles. The molecule has 20 heavy (non-hydrogen) atoms. The molecule has 1 rings (SSSR count). The van der Waals surface area contributed by atoms with E-state index in [0.29, 0.717) is 12.3 Å². The lowest BCUT2D eigenvalue weighted by molar-refractivity contribution is -0.136. The second kappa shape index (κ2) is 5.46. The predicted molar refractivity (Wildman–Crippen MR) is 78.4 cm³/mol. The molecule has 0 bridgehead atoms. The van der Waals surface area contributed by atoms with Gasteiger partial charge in [0.1, 0.15) is 0 Å². The number of rotatable bonds is 4. The van der Waals surface area contributed by atoms with Crippen LogP contribution < -0.4 is 4.74 Å².